The summed E-state index contributed by atoms with van der Waals surface area (Å²) in [7, 11) is 1.53. The summed E-state index contributed by atoms with van der Waals surface area (Å²) >= 11 is 0. The van der Waals surface area contributed by atoms with Crippen LogP contribution in [0.5, 0.6) is 5.75 Å². The molecule has 1 N–H and O–H groups in total. The Morgan fingerprint density at radius 1 is 0.867 bits per heavy atom. The molecule has 1 aliphatic rings. The summed E-state index contributed by atoms with van der Waals surface area (Å²) in [6.45, 7) is 0. The fourth-order valence-electron chi connectivity index (χ4n) is 3.21. The van der Waals surface area contributed by atoms with Crippen molar-refractivity contribution in [2.75, 3.05) is 17.3 Å². The molecule has 150 valence electrons. The lowest BCUT2D eigenvalue weighted by molar-refractivity contribution is -0.120. The minimum Gasteiger partial charge on any atom is -0.497 e. The van der Waals surface area contributed by atoms with Gasteiger partial charge >= 0.3 is 0 Å². The second-order valence-electron chi connectivity index (χ2n) is 6.51. The van der Waals surface area contributed by atoms with E-state index in [0.29, 0.717) is 21.9 Å². The summed E-state index contributed by atoms with van der Waals surface area (Å²) in [6.07, 6.45) is 0. The quantitative estimate of drug-likeness (QED) is 0.640. The standard InChI is InChI=1S/C23H16F2N2O3/c1-30-17-10-8-16(9-11-17)26-21-20(14-5-3-2-4-6-14)22(28)27(23(21)29)19-13-15(24)7-12-18(19)25/h2-13,26H,1H3. The highest BCUT2D eigenvalue weighted by Crippen LogP contribution is 2.35. The predicted octanol–water partition coefficient (Wildman–Crippen LogP) is 4.37. The molecule has 2 amide bonds. The first kappa shape index (κ1) is 19.3. The maximum Gasteiger partial charge on any atom is 0.282 e. The summed E-state index contributed by atoms with van der Waals surface area (Å²) in [4.78, 5) is 27.0. The number of imide groups is 1. The minimum absolute atomic E-state index is 0.0278. The van der Waals surface area contributed by atoms with E-state index in [1.54, 1.807) is 54.6 Å². The summed E-state index contributed by atoms with van der Waals surface area (Å²) in [5.41, 5.74) is 0.609. The number of carbonyl (C=O) groups excluding carboxylic acids is 2. The number of hydrogen-bond donors (Lipinski definition) is 1. The number of methoxy groups -OCH3 is 1. The lowest BCUT2D eigenvalue weighted by atomic mass is 10.0. The number of nitrogens with zero attached hydrogens (tertiary/aromatic N) is 1. The van der Waals surface area contributed by atoms with E-state index in [1.165, 1.54) is 7.11 Å². The number of ether oxygens (including phenoxy) is 1. The van der Waals surface area contributed by atoms with Crippen molar-refractivity contribution in [1.82, 2.24) is 0 Å². The van der Waals surface area contributed by atoms with E-state index in [1.807, 2.05) is 0 Å². The topological polar surface area (TPSA) is 58.6 Å². The SMILES string of the molecule is COc1ccc(NC2=C(c3ccccc3)C(=O)N(c3cc(F)ccc3F)C2=O)cc1. The van der Waals surface area contributed by atoms with Gasteiger partial charge in [0.15, 0.2) is 0 Å². The Hall–Kier alpha value is -4.00. The molecule has 4 rings (SSSR count). The number of halogens is 2. The van der Waals surface area contributed by atoms with Crippen LogP contribution in [0, 0.1) is 11.6 Å². The number of anilines is 2. The molecule has 0 spiro atoms. The maximum absolute atomic E-state index is 14.4. The van der Waals surface area contributed by atoms with Gasteiger partial charge in [-0.1, -0.05) is 30.3 Å². The van der Waals surface area contributed by atoms with Gasteiger partial charge in [-0.05, 0) is 42.0 Å². The molecule has 1 aliphatic heterocycles. The summed E-state index contributed by atoms with van der Waals surface area (Å²) in [6, 6.07) is 17.9. The van der Waals surface area contributed by atoms with Crippen molar-refractivity contribution in [2.45, 2.75) is 0 Å². The number of hydrogen-bond acceptors (Lipinski definition) is 4. The molecule has 0 fully saturated rings. The molecule has 0 bridgehead atoms. The summed E-state index contributed by atoms with van der Waals surface area (Å²) in [5.74, 6) is -2.54. The molecule has 5 nitrogen and oxygen atoms in total. The van der Waals surface area contributed by atoms with Crippen LogP contribution < -0.4 is 15.0 Å². The molecule has 0 radical (unpaired) electrons. The average Bonchev–Trinajstić information content (AvgIpc) is 3.00. The Balaban J connectivity index is 1.81. The molecule has 3 aromatic carbocycles. The molecule has 0 aromatic heterocycles. The van der Waals surface area contributed by atoms with Crippen LogP contribution in [0.1, 0.15) is 5.56 Å². The molecule has 0 aliphatic carbocycles. The van der Waals surface area contributed by atoms with Crippen molar-refractivity contribution < 1.29 is 23.1 Å². The number of benzene rings is 3. The molecule has 3 aromatic rings. The smallest absolute Gasteiger partial charge is 0.282 e. The Bertz CT molecular complexity index is 1160. The second-order valence-corrected chi connectivity index (χ2v) is 6.51. The van der Waals surface area contributed by atoms with Gasteiger partial charge in [-0.3, -0.25) is 9.59 Å². The fourth-order valence-corrected chi connectivity index (χ4v) is 3.21. The van der Waals surface area contributed by atoms with Crippen LogP contribution in [0.4, 0.5) is 20.2 Å². The van der Waals surface area contributed by atoms with Crippen molar-refractivity contribution in [3.8, 4) is 5.75 Å². The van der Waals surface area contributed by atoms with E-state index in [2.05, 4.69) is 5.32 Å². The Labute approximate surface area is 171 Å². The third kappa shape index (κ3) is 3.41. The lowest BCUT2D eigenvalue weighted by Crippen LogP contribution is -2.33. The zero-order valence-electron chi connectivity index (χ0n) is 15.9. The van der Waals surface area contributed by atoms with Crippen molar-refractivity contribution in [3.63, 3.8) is 0 Å². The first-order chi connectivity index (χ1) is 14.5. The maximum atomic E-state index is 14.4. The second kappa shape index (κ2) is 7.79. The summed E-state index contributed by atoms with van der Waals surface area (Å²) < 4.78 is 33.2. The van der Waals surface area contributed by atoms with Crippen molar-refractivity contribution in [1.29, 1.82) is 0 Å². The van der Waals surface area contributed by atoms with Crippen LogP contribution in [0.3, 0.4) is 0 Å². The van der Waals surface area contributed by atoms with Gasteiger partial charge in [-0.2, -0.15) is 0 Å². The molecule has 0 atom stereocenters. The third-order valence-corrected chi connectivity index (χ3v) is 4.65. The molecule has 0 saturated carbocycles. The molecule has 7 heteroatoms. The molecular formula is C23H16F2N2O3. The van der Waals surface area contributed by atoms with E-state index in [4.69, 9.17) is 4.74 Å². The first-order valence-electron chi connectivity index (χ1n) is 9.04. The van der Waals surface area contributed by atoms with Gasteiger partial charge in [0.1, 0.15) is 23.1 Å². The van der Waals surface area contributed by atoms with Crippen molar-refractivity contribution in [3.05, 3.63) is 95.7 Å². The first-order valence-corrected chi connectivity index (χ1v) is 9.04. The van der Waals surface area contributed by atoms with E-state index >= 15 is 0 Å². The van der Waals surface area contributed by atoms with E-state index in [9.17, 15) is 18.4 Å². The van der Waals surface area contributed by atoms with Crippen molar-refractivity contribution >= 4 is 28.8 Å². The van der Waals surface area contributed by atoms with Crippen LogP contribution in [0.25, 0.3) is 5.57 Å². The number of nitrogens with one attached hydrogen (secondary N) is 1. The highest BCUT2D eigenvalue weighted by Gasteiger charge is 2.41. The van der Waals surface area contributed by atoms with Crippen LogP contribution in [-0.2, 0) is 9.59 Å². The Morgan fingerprint density at radius 3 is 2.23 bits per heavy atom. The van der Waals surface area contributed by atoms with Gasteiger partial charge in [0.2, 0.25) is 0 Å². The largest absolute Gasteiger partial charge is 0.497 e. The zero-order valence-corrected chi connectivity index (χ0v) is 15.9. The molecule has 30 heavy (non-hydrogen) atoms. The van der Waals surface area contributed by atoms with E-state index in [0.717, 1.165) is 18.2 Å². The molecule has 0 unspecified atom stereocenters. The molecule has 0 saturated heterocycles. The molecular weight excluding hydrogens is 390 g/mol. The monoisotopic (exact) mass is 406 g/mol. The Morgan fingerprint density at radius 2 is 1.57 bits per heavy atom. The highest BCUT2D eigenvalue weighted by atomic mass is 19.1. The van der Waals surface area contributed by atoms with Gasteiger partial charge in [0.25, 0.3) is 11.8 Å². The van der Waals surface area contributed by atoms with E-state index in [-0.39, 0.29) is 11.3 Å². The lowest BCUT2D eigenvalue weighted by Gasteiger charge is -2.16. The number of amides is 2. The minimum atomic E-state index is -0.879. The van der Waals surface area contributed by atoms with Gasteiger partial charge < -0.3 is 10.1 Å². The van der Waals surface area contributed by atoms with Gasteiger partial charge in [-0.15, -0.1) is 0 Å². The van der Waals surface area contributed by atoms with Crippen LogP contribution in [-0.4, -0.2) is 18.9 Å². The fraction of sp³-hybridized carbons (Fsp3) is 0.0435. The molecule has 1 heterocycles. The Kier molecular flexibility index (Phi) is 5.02. The van der Waals surface area contributed by atoms with Crippen molar-refractivity contribution in [2.24, 2.45) is 0 Å². The third-order valence-electron chi connectivity index (χ3n) is 4.65. The number of rotatable bonds is 5. The van der Waals surface area contributed by atoms with Crippen LogP contribution >= 0.6 is 0 Å². The van der Waals surface area contributed by atoms with Crippen LogP contribution in [0.15, 0.2) is 78.5 Å². The predicted molar refractivity (Wildman–Crippen MR) is 109 cm³/mol. The van der Waals surface area contributed by atoms with E-state index < -0.39 is 29.1 Å². The average molecular weight is 406 g/mol. The van der Waals surface area contributed by atoms with Gasteiger partial charge in [-0.25, -0.2) is 13.7 Å². The zero-order chi connectivity index (χ0) is 21.3. The highest BCUT2D eigenvalue weighted by molar-refractivity contribution is 6.46. The normalized spacial score (nSPS) is 13.8. The van der Waals surface area contributed by atoms with Gasteiger partial charge in [0.05, 0.1) is 18.4 Å². The van der Waals surface area contributed by atoms with Gasteiger partial charge in [0, 0.05) is 11.8 Å². The number of carbonyl (C=O) groups is 2. The van der Waals surface area contributed by atoms with Crippen LogP contribution in [0.2, 0.25) is 0 Å². The summed E-state index contributed by atoms with van der Waals surface area (Å²) in [5, 5.41) is 2.95.